The highest BCUT2D eigenvalue weighted by Gasteiger charge is 2.52. The molecule has 134 valence electrons. The molecule has 1 aliphatic carbocycles. The maximum Gasteiger partial charge on any atom is 0.254 e. The topological polar surface area (TPSA) is 58.6 Å². The number of rotatable bonds is 2. The number of carbonyl (C=O) groups excluding carboxylic acids is 1. The maximum atomic E-state index is 12.9. The Kier molecular flexibility index (Phi) is 3.68. The summed E-state index contributed by atoms with van der Waals surface area (Å²) in [5, 5.41) is 0. The Morgan fingerprint density at radius 2 is 1.88 bits per heavy atom. The smallest absolute Gasteiger partial charge is 0.254 e. The van der Waals surface area contributed by atoms with E-state index in [4.69, 9.17) is 4.74 Å². The van der Waals surface area contributed by atoms with Gasteiger partial charge in [0.1, 0.15) is 0 Å². The second-order valence-corrected chi connectivity index (χ2v) is 7.76. The molecule has 1 amide bonds. The number of fused-ring (bicyclic) bond motifs is 2. The van der Waals surface area contributed by atoms with Crippen LogP contribution in [0.5, 0.6) is 0 Å². The van der Waals surface area contributed by atoms with E-state index in [2.05, 4.69) is 33.6 Å². The van der Waals surface area contributed by atoms with Crippen LogP contribution < -0.4 is 4.90 Å². The largest absolute Gasteiger partial charge is 0.378 e. The van der Waals surface area contributed by atoms with Gasteiger partial charge in [0, 0.05) is 53.6 Å². The van der Waals surface area contributed by atoms with Crippen molar-refractivity contribution in [3.63, 3.8) is 0 Å². The van der Waals surface area contributed by atoms with Crippen LogP contribution in [0.1, 0.15) is 28.8 Å². The average Bonchev–Trinajstić information content (AvgIpc) is 3.40. The number of thiol groups is 1. The number of anilines is 2. The number of ether oxygens (including phenoxy) is 1. The van der Waals surface area contributed by atoms with Crippen LogP contribution in [0.3, 0.4) is 0 Å². The van der Waals surface area contributed by atoms with Crippen LogP contribution in [0.2, 0.25) is 0 Å². The van der Waals surface area contributed by atoms with Crippen molar-refractivity contribution in [2.45, 2.75) is 23.2 Å². The minimum absolute atomic E-state index is 0.0689. The first-order chi connectivity index (χ1) is 12.7. The molecule has 1 aromatic carbocycles. The third-order valence-corrected chi connectivity index (χ3v) is 5.82. The summed E-state index contributed by atoms with van der Waals surface area (Å²) >= 11 is 4.27. The molecule has 2 fully saturated rings. The lowest BCUT2D eigenvalue weighted by atomic mass is 9.97. The van der Waals surface area contributed by atoms with Gasteiger partial charge in [0.05, 0.1) is 13.2 Å². The Hall–Kier alpha value is -2.12. The summed E-state index contributed by atoms with van der Waals surface area (Å²) in [6, 6.07) is 6.11. The van der Waals surface area contributed by atoms with E-state index in [0.29, 0.717) is 32.3 Å². The van der Waals surface area contributed by atoms with Crippen LogP contribution in [0.15, 0.2) is 35.5 Å². The highest BCUT2D eigenvalue weighted by molar-refractivity contribution is 7.80. The normalized spacial score (nSPS) is 20.3. The number of carbonyl (C=O) groups is 1. The lowest BCUT2D eigenvalue weighted by molar-refractivity contribution is 0.0303. The molecule has 3 aliphatic rings. The van der Waals surface area contributed by atoms with Crippen LogP contribution in [0, 0.1) is 0 Å². The second kappa shape index (κ2) is 5.96. The molecule has 3 heterocycles. The minimum atomic E-state index is 0.0689. The van der Waals surface area contributed by atoms with E-state index < -0.39 is 0 Å². The van der Waals surface area contributed by atoms with E-state index in [1.54, 1.807) is 12.4 Å². The molecule has 7 heteroatoms. The molecule has 0 unspecified atom stereocenters. The average molecular weight is 368 g/mol. The fourth-order valence-corrected chi connectivity index (χ4v) is 4.08. The third kappa shape index (κ3) is 2.57. The van der Waals surface area contributed by atoms with Crippen LogP contribution in [-0.2, 0) is 10.2 Å². The van der Waals surface area contributed by atoms with Crippen LogP contribution >= 0.6 is 12.6 Å². The second-order valence-electron chi connectivity index (χ2n) is 7.24. The zero-order chi connectivity index (χ0) is 17.7. The molecule has 1 saturated heterocycles. The number of nitrogens with zero attached hydrogens (tertiary/aromatic N) is 4. The highest BCUT2D eigenvalue weighted by atomic mass is 32.1. The molecular weight excluding hydrogens is 348 g/mol. The summed E-state index contributed by atoms with van der Waals surface area (Å²) < 4.78 is 5.35. The first-order valence-electron chi connectivity index (χ1n) is 8.96. The van der Waals surface area contributed by atoms with Crippen LogP contribution in [-0.4, -0.2) is 53.6 Å². The quantitative estimate of drug-likeness (QED) is 0.825. The summed E-state index contributed by atoms with van der Waals surface area (Å²) in [6.45, 7) is 3.39. The van der Waals surface area contributed by atoms with Gasteiger partial charge in [0.15, 0.2) is 0 Å². The van der Waals surface area contributed by atoms with Crippen molar-refractivity contribution in [1.82, 2.24) is 14.9 Å². The predicted octanol–water partition coefficient (Wildman–Crippen LogP) is 2.42. The molecule has 1 saturated carbocycles. The van der Waals surface area contributed by atoms with E-state index in [1.807, 2.05) is 17.0 Å². The Bertz CT molecular complexity index is 860. The Balaban J connectivity index is 1.51. The molecule has 1 spiro atoms. The maximum absolute atomic E-state index is 12.9. The van der Waals surface area contributed by atoms with E-state index in [0.717, 1.165) is 22.7 Å². The molecule has 26 heavy (non-hydrogen) atoms. The molecule has 0 N–H and O–H groups in total. The van der Waals surface area contributed by atoms with Gasteiger partial charge in [-0.1, -0.05) is 6.07 Å². The van der Waals surface area contributed by atoms with Gasteiger partial charge < -0.3 is 14.5 Å². The van der Waals surface area contributed by atoms with Gasteiger partial charge in [0.25, 0.3) is 5.91 Å². The number of amides is 1. The molecule has 0 atom stereocenters. The number of hydrogen-bond acceptors (Lipinski definition) is 6. The third-order valence-electron chi connectivity index (χ3n) is 5.59. The monoisotopic (exact) mass is 368 g/mol. The molecule has 0 radical (unpaired) electrons. The molecule has 1 aromatic heterocycles. The molecule has 6 nitrogen and oxygen atoms in total. The van der Waals surface area contributed by atoms with Crippen LogP contribution in [0.25, 0.3) is 0 Å². The van der Waals surface area contributed by atoms with E-state index in [-0.39, 0.29) is 11.3 Å². The number of aromatic nitrogens is 2. The lowest BCUT2D eigenvalue weighted by Gasteiger charge is -2.27. The van der Waals surface area contributed by atoms with Crippen molar-refractivity contribution in [3.05, 3.63) is 41.7 Å². The van der Waals surface area contributed by atoms with Gasteiger partial charge in [-0.25, -0.2) is 9.97 Å². The van der Waals surface area contributed by atoms with Gasteiger partial charge in [-0.05, 0) is 30.5 Å². The zero-order valence-corrected chi connectivity index (χ0v) is 15.3. The SMILES string of the molecule is O=C(c1ccc2c(c1)N(c1ncc(S)cn1)CC21CC1)N1CCOCC1. The Morgan fingerprint density at radius 1 is 1.15 bits per heavy atom. The summed E-state index contributed by atoms with van der Waals surface area (Å²) in [5.41, 5.74) is 3.31. The van der Waals surface area contributed by atoms with Gasteiger partial charge in [-0.15, -0.1) is 12.6 Å². The van der Waals surface area contributed by atoms with E-state index in [9.17, 15) is 4.79 Å². The van der Waals surface area contributed by atoms with Crippen molar-refractivity contribution in [3.8, 4) is 0 Å². The van der Waals surface area contributed by atoms with Gasteiger partial charge in [-0.3, -0.25) is 4.79 Å². The molecule has 2 aliphatic heterocycles. The van der Waals surface area contributed by atoms with Crippen molar-refractivity contribution in [1.29, 1.82) is 0 Å². The molecule has 5 rings (SSSR count). The van der Waals surface area contributed by atoms with Gasteiger partial charge in [0.2, 0.25) is 5.95 Å². The highest BCUT2D eigenvalue weighted by Crippen LogP contribution is 2.57. The van der Waals surface area contributed by atoms with E-state index in [1.165, 1.54) is 18.4 Å². The van der Waals surface area contributed by atoms with Crippen molar-refractivity contribution in [2.75, 3.05) is 37.7 Å². The first-order valence-corrected chi connectivity index (χ1v) is 9.41. The van der Waals surface area contributed by atoms with Crippen molar-refractivity contribution < 1.29 is 9.53 Å². The molecule has 2 aromatic rings. The van der Waals surface area contributed by atoms with Crippen LogP contribution in [0.4, 0.5) is 11.6 Å². The predicted molar refractivity (Wildman–Crippen MR) is 100 cm³/mol. The lowest BCUT2D eigenvalue weighted by Crippen LogP contribution is -2.40. The van der Waals surface area contributed by atoms with Gasteiger partial charge >= 0.3 is 0 Å². The summed E-state index contributed by atoms with van der Waals surface area (Å²) in [4.78, 5) is 26.5. The summed E-state index contributed by atoms with van der Waals surface area (Å²) in [7, 11) is 0. The fourth-order valence-electron chi connectivity index (χ4n) is 3.97. The first kappa shape index (κ1) is 16.1. The molecule has 0 bridgehead atoms. The fraction of sp³-hybridized carbons (Fsp3) is 0.421. The summed E-state index contributed by atoms with van der Waals surface area (Å²) in [6.07, 6.45) is 5.79. The van der Waals surface area contributed by atoms with Gasteiger partial charge in [-0.2, -0.15) is 0 Å². The number of hydrogen-bond donors (Lipinski definition) is 1. The minimum Gasteiger partial charge on any atom is -0.378 e. The standard InChI is InChI=1S/C19H20N4O2S/c24-17(22-5-7-25-8-6-22)13-1-2-15-16(9-13)23(12-19(15)3-4-19)18-20-10-14(26)11-21-18/h1-2,9-11,26H,3-8,12H2. The Labute approximate surface area is 157 Å². The Morgan fingerprint density at radius 3 is 2.58 bits per heavy atom. The van der Waals surface area contributed by atoms with Crippen molar-refractivity contribution >= 4 is 30.2 Å². The molecular formula is C19H20N4O2S. The number of morpholine rings is 1. The summed E-state index contributed by atoms with van der Waals surface area (Å²) in [5.74, 6) is 0.739. The zero-order valence-electron chi connectivity index (χ0n) is 14.4. The van der Waals surface area contributed by atoms with Crippen molar-refractivity contribution in [2.24, 2.45) is 0 Å². The number of benzene rings is 1. The van der Waals surface area contributed by atoms with E-state index >= 15 is 0 Å².